The van der Waals surface area contributed by atoms with E-state index in [-0.39, 0.29) is 18.5 Å². The first-order valence-electron chi connectivity index (χ1n) is 11.6. The quantitative estimate of drug-likeness (QED) is 0.512. The number of ether oxygens (including phenoxy) is 1. The number of carbonyl (C=O) groups is 2. The van der Waals surface area contributed by atoms with Crippen LogP contribution in [-0.2, 0) is 17.9 Å². The van der Waals surface area contributed by atoms with E-state index in [0.29, 0.717) is 12.8 Å². The van der Waals surface area contributed by atoms with E-state index in [2.05, 4.69) is 17.0 Å². The van der Waals surface area contributed by atoms with Crippen molar-refractivity contribution in [2.45, 2.75) is 31.5 Å². The highest BCUT2D eigenvalue weighted by Gasteiger charge is 2.56. The van der Waals surface area contributed by atoms with E-state index >= 15 is 0 Å². The van der Waals surface area contributed by atoms with Gasteiger partial charge in [-0.1, -0.05) is 36.4 Å². The minimum absolute atomic E-state index is 0.0912. The molecule has 34 heavy (non-hydrogen) atoms. The fraction of sp³-hybridized carbons (Fsp3) is 0.333. The zero-order valence-corrected chi connectivity index (χ0v) is 19.6. The lowest BCUT2D eigenvalue weighted by atomic mass is 9.86. The highest BCUT2D eigenvalue weighted by atomic mass is 16.5. The normalized spacial score (nSPS) is 18.2. The van der Waals surface area contributed by atoms with Crippen LogP contribution in [0.3, 0.4) is 0 Å². The van der Waals surface area contributed by atoms with Crippen LogP contribution in [0.4, 0.5) is 4.79 Å². The topological polar surface area (TPSA) is 66.2 Å². The molecule has 1 spiro atoms. The largest absolute Gasteiger partial charge is 0.497 e. The van der Waals surface area contributed by atoms with Crippen LogP contribution in [0.2, 0.25) is 0 Å². The van der Waals surface area contributed by atoms with Crippen molar-refractivity contribution in [3.63, 3.8) is 0 Å². The highest BCUT2D eigenvalue weighted by Crippen LogP contribution is 2.37. The van der Waals surface area contributed by atoms with Gasteiger partial charge in [0.2, 0.25) is 0 Å². The van der Waals surface area contributed by atoms with Crippen LogP contribution in [0.15, 0.2) is 71.3 Å². The first-order chi connectivity index (χ1) is 16.5. The molecule has 0 saturated carbocycles. The van der Waals surface area contributed by atoms with E-state index in [1.165, 1.54) is 10.5 Å². The maximum atomic E-state index is 13.5. The van der Waals surface area contributed by atoms with Crippen LogP contribution in [0, 0.1) is 0 Å². The minimum atomic E-state index is -0.763. The lowest BCUT2D eigenvalue weighted by Crippen LogP contribution is -2.55. The molecule has 176 valence electrons. The number of likely N-dealkylation sites (tertiary alicyclic amines) is 1. The van der Waals surface area contributed by atoms with Gasteiger partial charge in [-0.05, 0) is 48.2 Å². The predicted octanol–water partition coefficient (Wildman–Crippen LogP) is 4.38. The summed E-state index contributed by atoms with van der Waals surface area (Å²) >= 11 is 0. The fourth-order valence-electron chi connectivity index (χ4n) is 5.10. The van der Waals surface area contributed by atoms with Crippen molar-refractivity contribution in [2.24, 2.45) is 0 Å². The molecule has 0 aliphatic carbocycles. The number of benzene rings is 2. The molecule has 0 bridgehead atoms. The van der Waals surface area contributed by atoms with Gasteiger partial charge in [0.25, 0.3) is 5.91 Å². The summed E-state index contributed by atoms with van der Waals surface area (Å²) in [7, 11) is 3.37. The van der Waals surface area contributed by atoms with Crippen LogP contribution >= 0.6 is 0 Å². The predicted molar refractivity (Wildman–Crippen MR) is 128 cm³/mol. The Hall–Kier alpha value is -3.58. The molecule has 0 atom stereocenters. The summed E-state index contributed by atoms with van der Waals surface area (Å²) < 4.78 is 10.8. The summed E-state index contributed by atoms with van der Waals surface area (Å²) in [6, 6.07) is 19.4. The Bertz CT molecular complexity index is 1160. The molecule has 5 rings (SSSR count). The molecule has 7 nitrogen and oxygen atoms in total. The van der Waals surface area contributed by atoms with E-state index in [4.69, 9.17) is 9.15 Å². The van der Waals surface area contributed by atoms with Gasteiger partial charge in [0.15, 0.2) is 0 Å². The third-order valence-corrected chi connectivity index (χ3v) is 7.18. The van der Waals surface area contributed by atoms with Gasteiger partial charge in [-0.2, -0.15) is 0 Å². The van der Waals surface area contributed by atoms with E-state index in [1.54, 1.807) is 25.3 Å². The molecule has 3 heterocycles. The van der Waals surface area contributed by atoms with Crippen LogP contribution in [0.25, 0.3) is 11.3 Å². The third-order valence-electron chi connectivity index (χ3n) is 7.18. The van der Waals surface area contributed by atoms with Crippen molar-refractivity contribution in [3.8, 4) is 17.1 Å². The number of imide groups is 1. The molecule has 2 aromatic carbocycles. The fourth-order valence-corrected chi connectivity index (χ4v) is 5.10. The van der Waals surface area contributed by atoms with Crippen molar-refractivity contribution >= 4 is 11.9 Å². The molecule has 0 unspecified atom stereocenters. The maximum Gasteiger partial charge on any atom is 0.327 e. The minimum Gasteiger partial charge on any atom is -0.497 e. The highest BCUT2D eigenvalue weighted by molar-refractivity contribution is 6.06. The molecule has 2 aliphatic rings. The number of likely N-dealkylation sites (N-methyl/N-ethyl adjacent to an activating group) is 1. The lowest BCUT2D eigenvalue weighted by molar-refractivity contribution is -0.135. The molecule has 3 aromatic rings. The van der Waals surface area contributed by atoms with Crippen molar-refractivity contribution in [2.75, 3.05) is 27.2 Å². The van der Waals surface area contributed by atoms with Crippen LogP contribution in [-0.4, -0.2) is 59.4 Å². The van der Waals surface area contributed by atoms with E-state index < -0.39 is 5.54 Å². The van der Waals surface area contributed by atoms with E-state index in [9.17, 15) is 9.59 Å². The van der Waals surface area contributed by atoms with Crippen LogP contribution < -0.4 is 4.74 Å². The molecule has 0 radical (unpaired) electrons. The van der Waals surface area contributed by atoms with Crippen molar-refractivity contribution < 1.29 is 18.7 Å². The van der Waals surface area contributed by atoms with Gasteiger partial charge in [-0.25, -0.2) is 4.79 Å². The smallest absolute Gasteiger partial charge is 0.327 e. The summed E-state index contributed by atoms with van der Waals surface area (Å²) in [4.78, 5) is 32.0. The molecule has 0 N–H and O–H groups in total. The first-order valence-corrected chi connectivity index (χ1v) is 11.6. The second kappa shape index (κ2) is 8.99. The van der Waals surface area contributed by atoms with Gasteiger partial charge in [-0.3, -0.25) is 14.6 Å². The SMILES string of the molecule is COc1ccc(CN2C(=O)N(C)C3(CCN(Cc4ccccc4-c4ccco4)CC3)C2=O)cc1. The zero-order chi connectivity index (χ0) is 23.7. The molecule has 2 fully saturated rings. The van der Waals surface area contributed by atoms with Gasteiger partial charge in [-0.15, -0.1) is 0 Å². The molecule has 1 aromatic heterocycles. The number of piperidine rings is 1. The Morgan fingerprint density at radius 1 is 0.941 bits per heavy atom. The first kappa shape index (κ1) is 22.2. The number of urea groups is 1. The molecule has 2 aliphatic heterocycles. The number of methoxy groups -OCH3 is 1. The zero-order valence-electron chi connectivity index (χ0n) is 19.6. The summed E-state index contributed by atoms with van der Waals surface area (Å²) in [5.41, 5.74) is 2.42. The number of rotatable bonds is 6. The molecule has 3 amide bonds. The summed E-state index contributed by atoms with van der Waals surface area (Å²) in [5, 5.41) is 0. The summed E-state index contributed by atoms with van der Waals surface area (Å²) in [6.07, 6.45) is 2.93. The number of amides is 3. The lowest BCUT2D eigenvalue weighted by Gasteiger charge is -2.41. The Morgan fingerprint density at radius 3 is 2.35 bits per heavy atom. The van der Waals surface area contributed by atoms with Crippen molar-refractivity contribution in [1.29, 1.82) is 0 Å². The van der Waals surface area contributed by atoms with Gasteiger partial charge in [0.1, 0.15) is 17.0 Å². The second-order valence-electron chi connectivity index (χ2n) is 9.02. The maximum absolute atomic E-state index is 13.5. The average molecular weight is 460 g/mol. The van der Waals surface area contributed by atoms with Crippen LogP contribution in [0.1, 0.15) is 24.0 Å². The van der Waals surface area contributed by atoms with Crippen molar-refractivity contribution in [1.82, 2.24) is 14.7 Å². The molecule has 2 saturated heterocycles. The van der Waals surface area contributed by atoms with Gasteiger partial charge < -0.3 is 14.1 Å². The number of furan rings is 1. The standard InChI is InChI=1S/C27H29N3O4/c1-28-26(32)30(18-20-9-11-22(33-2)12-10-20)25(31)27(28)13-15-29(16-14-27)19-21-6-3-4-7-23(21)24-8-5-17-34-24/h3-12,17H,13-16,18-19H2,1-2H3. The molecule has 7 heteroatoms. The van der Waals surface area contributed by atoms with Gasteiger partial charge >= 0.3 is 6.03 Å². The van der Waals surface area contributed by atoms with Gasteiger partial charge in [0, 0.05) is 32.2 Å². The molecular weight excluding hydrogens is 430 g/mol. The van der Waals surface area contributed by atoms with Gasteiger partial charge in [0.05, 0.1) is 19.9 Å². The third kappa shape index (κ3) is 3.86. The van der Waals surface area contributed by atoms with E-state index in [0.717, 1.165) is 42.3 Å². The number of hydrogen-bond donors (Lipinski definition) is 0. The van der Waals surface area contributed by atoms with Crippen molar-refractivity contribution in [3.05, 3.63) is 78.1 Å². The monoisotopic (exact) mass is 459 g/mol. The number of carbonyl (C=O) groups excluding carboxylic acids is 2. The number of hydrogen-bond acceptors (Lipinski definition) is 5. The summed E-state index contributed by atoms with van der Waals surface area (Å²) in [5.74, 6) is 1.51. The number of nitrogens with zero attached hydrogens (tertiary/aromatic N) is 3. The second-order valence-corrected chi connectivity index (χ2v) is 9.02. The van der Waals surface area contributed by atoms with E-state index in [1.807, 2.05) is 48.5 Å². The van der Waals surface area contributed by atoms with Crippen LogP contribution in [0.5, 0.6) is 5.75 Å². The Labute approximate surface area is 199 Å². The Kier molecular flexibility index (Phi) is 5.87. The average Bonchev–Trinajstić information content (AvgIpc) is 3.46. The summed E-state index contributed by atoms with van der Waals surface area (Å²) in [6.45, 7) is 2.53. The Balaban J connectivity index is 1.28. The Morgan fingerprint density at radius 2 is 1.68 bits per heavy atom. The molecular formula is C27H29N3O4.